The molecule has 100 valence electrons. The van der Waals surface area contributed by atoms with E-state index in [4.69, 9.17) is 4.42 Å². The van der Waals surface area contributed by atoms with Gasteiger partial charge in [0.15, 0.2) is 12.0 Å². The van der Waals surface area contributed by atoms with E-state index >= 15 is 0 Å². The molecule has 1 aromatic heterocycles. The molecule has 0 saturated carbocycles. The van der Waals surface area contributed by atoms with E-state index in [2.05, 4.69) is 10.3 Å². The summed E-state index contributed by atoms with van der Waals surface area (Å²) >= 11 is 0. The Morgan fingerprint density at radius 3 is 3.26 bits per heavy atom. The summed E-state index contributed by atoms with van der Waals surface area (Å²) in [5, 5.41) is 3.30. The van der Waals surface area contributed by atoms with E-state index in [0.717, 1.165) is 49.3 Å². The maximum absolute atomic E-state index is 12.2. The van der Waals surface area contributed by atoms with E-state index in [9.17, 15) is 4.79 Å². The highest BCUT2D eigenvalue weighted by Gasteiger charge is 2.15. The Bertz CT molecular complexity index is 571. The zero-order valence-electron chi connectivity index (χ0n) is 10.8. The van der Waals surface area contributed by atoms with Crippen molar-refractivity contribution in [2.24, 2.45) is 0 Å². The predicted molar refractivity (Wildman–Crippen MR) is 71.8 cm³/mol. The summed E-state index contributed by atoms with van der Waals surface area (Å²) in [6.07, 6.45) is 2.88. The molecule has 0 aliphatic carbocycles. The lowest BCUT2D eigenvalue weighted by Crippen LogP contribution is -2.35. The van der Waals surface area contributed by atoms with Crippen molar-refractivity contribution >= 4 is 17.0 Å². The summed E-state index contributed by atoms with van der Waals surface area (Å²) < 4.78 is 5.20. The van der Waals surface area contributed by atoms with Gasteiger partial charge >= 0.3 is 0 Å². The van der Waals surface area contributed by atoms with Gasteiger partial charge in [-0.1, -0.05) is 6.07 Å². The van der Waals surface area contributed by atoms with Crippen LogP contribution in [0.2, 0.25) is 0 Å². The molecule has 1 aliphatic rings. The molecule has 0 atom stereocenters. The van der Waals surface area contributed by atoms with E-state index in [0.29, 0.717) is 6.42 Å². The summed E-state index contributed by atoms with van der Waals surface area (Å²) in [5.41, 5.74) is 2.56. The lowest BCUT2D eigenvalue weighted by Gasteiger charge is -2.19. The Kier molecular flexibility index (Phi) is 3.46. The lowest BCUT2D eigenvalue weighted by molar-refractivity contribution is -0.130. The largest absolute Gasteiger partial charge is 0.443 e. The molecule has 0 radical (unpaired) electrons. The summed E-state index contributed by atoms with van der Waals surface area (Å²) in [4.78, 5) is 18.3. The number of benzene rings is 1. The van der Waals surface area contributed by atoms with Crippen LogP contribution in [0.15, 0.2) is 29.0 Å². The molecular weight excluding hydrogens is 242 g/mol. The van der Waals surface area contributed by atoms with E-state index in [1.54, 1.807) is 0 Å². The molecule has 0 unspecified atom stereocenters. The average Bonchev–Trinajstić information content (AvgIpc) is 2.71. The fourth-order valence-corrected chi connectivity index (χ4v) is 2.39. The van der Waals surface area contributed by atoms with Crippen LogP contribution >= 0.6 is 0 Å². The third-order valence-corrected chi connectivity index (χ3v) is 3.44. The minimum atomic E-state index is 0.187. The van der Waals surface area contributed by atoms with Gasteiger partial charge in [0.2, 0.25) is 5.91 Å². The third kappa shape index (κ3) is 2.76. The molecule has 1 saturated heterocycles. The van der Waals surface area contributed by atoms with Gasteiger partial charge in [-0.3, -0.25) is 4.79 Å². The first-order valence-corrected chi connectivity index (χ1v) is 6.63. The van der Waals surface area contributed by atoms with Crippen molar-refractivity contribution in [3.8, 4) is 0 Å². The third-order valence-electron chi connectivity index (χ3n) is 3.44. The number of carbonyl (C=O) groups excluding carboxylic acids is 1. The van der Waals surface area contributed by atoms with Gasteiger partial charge in [0.25, 0.3) is 0 Å². The Morgan fingerprint density at radius 1 is 1.37 bits per heavy atom. The first kappa shape index (κ1) is 12.2. The highest BCUT2D eigenvalue weighted by molar-refractivity contribution is 5.81. The monoisotopic (exact) mass is 259 g/mol. The number of hydrogen-bond acceptors (Lipinski definition) is 4. The number of rotatable bonds is 2. The fraction of sp³-hybridized carbons (Fsp3) is 0.429. The molecule has 19 heavy (non-hydrogen) atoms. The Hall–Kier alpha value is -1.88. The van der Waals surface area contributed by atoms with Crippen molar-refractivity contribution in [1.29, 1.82) is 0 Å². The fourth-order valence-electron chi connectivity index (χ4n) is 2.39. The highest BCUT2D eigenvalue weighted by Crippen LogP contribution is 2.15. The van der Waals surface area contributed by atoms with Crippen LogP contribution in [0, 0.1) is 0 Å². The normalized spacial score (nSPS) is 16.5. The number of nitrogens with one attached hydrogen (secondary N) is 1. The Labute approximate surface area is 111 Å². The number of carbonyl (C=O) groups is 1. The van der Waals surface area contributed by atoms with E-state index < -0.39 is 0 Å². The van der Waals surface area contributed by atoms with Crippen LogP contribution < -0.4 is 5.32 Å². The van der Waals surface area contributed by atoms with Crippen molar-refractivity contribution < 1.29 is 9.21 Å². The van der Waals surface area contributed by atoms with Crippen LogP contribution in [0.1, 0.15) is 12.0 Å². The predicted octanol–water partition coefficient (Wildman–Crippen LogP) is 1.19. The Morgan fingerprint density at radius 2 is 2.32 bits per heavy atom. The molecule has 1 aliphatic heterocycles. The second-order valence-electron chi connectivity index (χ2n) is 4.82. The molecule has 2 heterocycles. The van der Waals surface area contributed by atoms with Crippen molar-refractivity contribution in [3.63, 3.8) is 0 Å². The minimum absolute atomic E-state index is 0.187. The molecule has 1 fully saturated rings. The minimum Gasteiger partial charge on any atom is -0.443 e. The van der Waals surface area contributed by atoms with Crippen LogP contribution in [0.5, 0.6) is 0 Å². The maximum atomic E-state index is 12.2. The van der Waals surface area contributed by atoms with E-state index in [1.807, 2.05) is 23.1 Å². The zero-order chi connectivity index (χ0) is 13.1. The average molecular weight is 259 g/mol. The van der Waals surface area contributed by atoms with Crippen LogP contribution in [0.3, 0.4) is 0 Å². The SMILES string of the molecule is O=C(Cc1ccc2ocnc2c1)N1CCCNCC1. The molecule has 3 rings (SSSR count). The molecule has 1 amide bonds. The number of fused-ring (bicyclic) bond motifs is 1. The topological polar surface area (TPSA) is 58.4 Å². The van der Waals surface area contributed by atoms with Crippen molar-refractivity contribution in [1.82, 2.24) is 15.2 Å². The number of oxazole rings is 1. The van der Waals surface area contributed by atoms with Gasteiger partial charge in [-0.25, -0.2) is 4.98 Å². The highest BCUT2D eigenvalue weighted by atomic mass is 16.3. The van der Waals surface area contributed by atoms with Gasteiger partial charge in [-0.15, -0.1) is 0 Å². The molecule has 2 aromatic rings. The first-order chi connectivity index (χ1) is 9.33. The van der Waals surface area contributed by atoms with Gasteiger partial charge in [-0.05, 0) is 30.7 Å². The van der Waals surface area contributed by atoms with Crippen molar-refractivity contribution in [2.75, 3.05) is 26.2 Å². The van der Waals surface area contributed by atoms with Gasteiger partial charge in [0.05, 0.1) is 6.42 Å². The number of nitrogens with zero attached hydrogens (tertiary/aromatic N) is 2. The molecular formula is C14H17N3O2. The van der Waals surface area contributed by atoms with Gasteiger partial charge in [0.1, 0.15) is 5.52 Å². The number of amides is 1. The van der Waals surface area contributed by atoms with Crippen LogP contribution in [0.25, 0.3) is 11.1 Å². The van der Waals surface area contributed by atoms with Gasteiger partial charge in [-0.2, -0.15) is 0 Å². The first-order valence-electron chi connectivity index (χ1n) is 6.63. The van der Waals surface area contributed by atoms with Crippen LogP contribution in [0.4, 0.5) is 0 Å². The van der Waals surface area contributed by atoms with Gasteiger partial charge in [0, 0.05) is 19.6 Å². The second kappa shape index (κ2) is 5.40. The molecule has 0 bridgehead atoms. The molecule has 1 N–H and O–H groups in total. The summed E-state index contributed by atoms with van der Waals surface area (Å²) in [6, 6.07) is 5.73. The number of aromatic nitrogens is 1. The number of hydrogen-bond donors (Lipinski definition) is 1. The van der Waals surface area contributed by atoms with Crippen molar-refractivity contribution in [2.45, 2.75) is 12.8 Å². The molecule has 1 aromatic carbocycles. The quantitative estimate of drug-likeness (QED) is 0.880. The van der Waals surface area contributed by atoms with Gasteiger partial charge < -0.3 is 14.6 Å². The molecule has 5 heteroatoms. The van der Waals surface area contributed by atoms with Crippen LogP contribution in [-0.4, -0.2) is 42.0 Å². The Balaban J connectivity index is 1.70. The summed E-state index contributed by atoms with van der Waals surface area (Å²) in [5.74, 6) is 0.187. The maximum Gasteiger partial charge on any atom is 0.227 e. The standard InChI is InChI=1S/C14H17N3O2/c18-14(17-6-1-4-15-5-7-17)9-11-2-3-13-12(8-11)16-10-19-13/h2-3,8,10,15H,1,4-7,9H2. The molecule has 5 nitrogen and oxygen atoms in total. The summed E-state index contributed by atoms with van der Waals surface area (Å²) in [6.45, 7) is 3.52. The second-order valence-corrected chi connectivity index (χ2v) is 4.82. The summed E-state index contributed by atoms with van der Waals surface area (Å²) in [7, 11) is 0. The molecule has 0 spiro atoms. The van der Waals surface area contributed by atoms with Crippen molar-refractivity contribution in [3.05, 3.63) is 30.2 Å². The zero-order valence-corrected chi connectivity index (χ0v) is 10.8. The van der Waals surface area contributed by atoms with E-state index in [1.165, 1.54) is 6.39 Å². The lowest BCUT2D eigenvalue weighted by atomic mass is 10.1. The van der Waals surface area contributed by atoms with E-state index in [-0.39, 0.29) is 5.91 Å². The smallest absolute Gasteiger partial charge is 0.227 e. The van der Waals surface area contributed by atoms with Crippen LogP contribution in [-0.2, 0) is 11.2 Å².